The van der Waals surface area contributed by atoms with Gasteiger partial charge >= 0.3 is 0 Å². The SMILES string of the molecule is CN(C)C1CCN(c2ccc(NCc3cnc4ccc(C#N)cn34)cc2)CC1. The molecule has 1 aliphatic heterocycles. The Kier molecular flexibility index (Phi) is 5.18. The number of aromatic nitrogens is 2. The molecular formula is C22H26N6. The van der Waals surface area contributed by atoms with Crippen LogP contribution in [0, 0.1) is 11.3 Å². The van der Waals surface area contributed by atoms with Crippen LogP contribution in [0.4, 0.5) is 11.4 Å². The van der Waals surface area contributed by atoms with Crippen LogP contribution in [-0.2, 0) is 6.54 Å². The predicted molar refractivity (Wildman–Crippen MR) is 113 cm³/mol. The molecule has 0 amide bonds. The number of nitrogens with one attached hydrogen (secondary N) is 1. The average molecular weight is 374 g/mol. The molecular weight excluding hydrogens is 348 g/mol. The number of fused-ring (bicyclic) bond motifs is 1. The molecule has 0 unspecified atom stereocenters. The topological polar surface area (TPSA) is 59.6 Å². The van der Waals surface area contributed by atoms with Crippen LogP contribution in [0.15, 0.2) is 48.8 Å². The lowest BCUT2D eigenvalue weighted by Crippen LogP contribution is -2.41. The van der Waals surface area contributed by atoms with Crippen molar-refractivity contribution >= 4 is 17.0 Å². The number of benzene rings is 1. The fourth-order valence-corrected chi connectivity index (χ4v) is 3.85. The Labute approximate surface area is 166 Å². The van der Waals surface area contributed by atoms with E-state index in [4.69, 9.17) is 5.26 Å². The van der Waals surface area contributed by atoms with Crippen molar-refractivity contribution in [3.8, 4) is 6.07 Å². The third kappa shape index (κ3) is 3.80. The number of anilines is 2. The summed E-state index contributed by atoms with van der Waals surface area (Å²) in [5.74, 6) is 0. The van der Waals surface area contributed by atoms with Crippen LogP contribution in [0.5, 0.6) is 0 Å². The lowest BCUT2D eigenvalue weighted by molar-refractivity contribution is 0.249. The molecule has 3 aromatic rings. The molecule has 6 nitrogen and oxygen atoms in total. The molecule has 28 heavy (non-hydrogen) atoms. The second kappa shape index (κ2) is 7.91. The van der Waals surface area contributed by atoms with Gasteiger partial charge in [0.1, 0.15) is 11.7 Å². The van der Waals surface area contributed by atoms with E-state index < -0.39 is 0 Å². The maximum absolute atomic E-state index is 9.10. The van der Waals surface area contributed by atoms with E-state index in [-0.39, 0.29) is 0 Å². The second-order valence-corrected chi connectivity index (χ2v) is 7.59. The van der Waals surface area contributed by atoms with Gasteiger partial charge in [0.15, 0.2) is 0 Å². The van der Waals surface area contributed by atoms with Crippen molar-refractivity contribution in [2.24, 2.45) is 0 Å². The summed E-state index contributed by atoms with van der Waals surface area (Å²) in [7, 11) is 4.34. The molecule has 2 aromatic heterocycles. The van der Waals surface area contributed by atoms with Crippen LogP contribution in [0.25, 0.3) is 5.65 Å². The highest BCUT2D eigenvalue weighted by molar-refractivity contribution is 5.55. The number of pyridine rings is 1. The van der Waals surface area contributed by atoms with E-state index >= 15 is 0 Å². The van der Waals surface area contributed by atoms with Gasteiger partial charge in [0, 0.05) is 36.7 Å². The van der Waals surface area contributed by atoms with Crippen molar-refractivity contribution in [1.82, 2.24) is 14.3 Å². The van der Waals surface area contributed by atoms with E-state index in [9.17, 15) is 0 Å². The zero-order valence-electron chi connectivity index (χ0n) is 16.5. The van der Waals surface area contributed by atoms with Crippen LogP contribution in [-0.4, -0.2) is 47.5 Å². The van der Waals surface area contributed by atoms with Crippen LogP contribution in [0.3, 0.4) is 0 Å². The molecule has 6 heteroatoms. The van der Waals surface area contributed by atoms with Gasteiger partial charge in [-0.25, -0.2) is 4.98 Å². The highest BCUT2D eigenvalue weighted by atomic mass is 15.2. The molecule has 1 aromatic carbocycles. The summed E-state index contributed by atoms with van der Waals surface area (Å²) in [5, 5.41) is 12.6. The number of hydrogen-bond acceptors (Lipinski definition) is 5. The van der Waals surface area contributed by atoms with Gasteiger partial charge in [-0.2, -0.15) is 5.26 Å². The Morgan fingerprint density at radius 3 is 2.57 bits per heavy atom. The molecule has 4 rings (SSSR count). The number of nitriles is 1. The van der Waals surface area contributed by atoms with Gasteiger partial charge in [0.05, 0.1) is 24.0 Å². The quantitative estimate of drug-likeness (QED) is 0.742. The number of hydrogen-bond donors (Lipinski definition) is 1. The zero-order valence-corrected chi connectivity index (χ0v) is 16.5. The van der Waals surface area contributed by atoms with Gasteiger partial charge in [-0.15, -0.1) is 0 Å². The van der Waals surface area contributed by atoms with Crippen LogP contribution >= 0.6 is 0 Å². The maximum Gasteiger partial charge on any atom is 0.137 e. The first kappa shape index (κ1) is 18.3. The van der Waals surface area contributed by atoms with Gasteiger partial charge in [0.2, 0.25) is 0 Å². The van der Waals surface area contributed by atoms with Crippen molar-refractivity contribution in [3.63, 3.8) is 0 Å². The van der Waals surface area contributed by atoms with Crippen molar-refractivity contribution in [1.29, 1.82) is 5.26 Å². The fourth-order valence-electron chi connectivity index (χ4n) is 3.85. The monoisotopic (exact) mass is 374 g/mol. The van der Waals surface area contributed by atoms with E-state index in [1.165, 1.54) is 18.5 Å². The first-order chi connectivity index (χ1) is 13.6. The first-order valence-corrected chi connectivity index (χ1v) is 9.75. The number of rotatable bonds is 5. The largest absolute Gasteiger partial charge is 0.379 e. The fraction of sp³-hybridized carbons (Fsp3) is 0.364. The average Bonchev–Trinajstić information content (AvgIpc) is 3.15. The molecule has 1 aliphatic rings. The van der Waals surface area contributed by atoms with E-state index in [0.717, 1.165) is 30.1 Å². The van der Waals surface area contributed by atoms with E-state index in [1.54, 1.807) is 6.07 Å². The molecule has 0 aliphatic carbocycles. The minimum atomic E-state index is 0.633. The minimum Gasteiger partial charge on any atom is -0.379 e. The Morgan fingerprint density at radius 2 is 1.89 bits per heavy atom. The van der Waals surface area contributed by atoms with Crippen molar-refractivity contribution < 1.29 is 0 Å². The number of piperidine rings is 1. The molecule has 0 bridgehead atoms. The first-order valence-electron chi connectivity index (χ1n) is 9.75. The number of imidazole rings is 1. The molecule has 1 N–H and O–H groups in total. The highest BCUT2D eigenvalue weighted by Crippen LogP contribution is 2.23. The number of nitrogens with zero attached hydrogens (tertiary/aromatic N) is 5. The van der Waals surface area contributed by atoms with Crippen LogP contribution < -0.4 is 10.2 Å². The second-order valence-electron chi connectivity index (χ2n) is 7.59. The summed E-state index contributed by atoms with van der Waals surface area (Å²) < 4.78 is 1.97. The molecule has 0 atom stereocenters. The molecule has 1 fully saturated rings. The normalized spacial score (nSPS) is 15.1. The molecule has 144 valence electrons. The van der Waals surface area contributed by atoms with Crippen molar-refractivity contribution in [3.05, 3.63) is 60.0 Å². The van der Waals surface area contributed by atoms with Gasteiger partial charge in [0.25, 0.3) is 0 Å². The van der Waals surface area contributed by atoms with Crippen LogP contribution in [0.1, 0.15) is 24.1 Å². The Balaban J connectivity index is 1.38. The lowest BCUT2D eigenvalue weighted by Gasteiger charge is -2.36. The third-order valence-corrected chi connectivity index (χ3v) is 5.61. The van der Waals surface area contributed by atoms with E-state index in [0.29, 0.717) is 18.2 Å². The Hall–Kier alpha value is -3.04. The van der Waals surface area contributed by atoms with Gasteiger partial charge in [-0.3, -0.25) is 0 Å². The Morgan fingerprint density at radius 1 is 1.14 bits per heavy atom. The van der Waals surface area contributed by atoms with E-state index in [2.05, 4.69) is 64.5 Å². The molecule has 0 radical (unpaired) electrons. The Bertz CT molecular complexity index is 974. The van der Waals surface area contributed by atoms with Gasteiger partial charge in [-0.1, -0.05) is 0 Å². The summed E-state index contributed by atoms with van der Waals surface area (Å²) in [5.41, 5.74) is 4.89. The van der Waals surface area contributed by atoms with Gasteiger partial charge in [-0.05, 0) is 63.3 Å². The summed E-state index contributed by atoms with van der Waals surface area (Å²) in [6.45, 7) is 2.88. The maximum atomic E-state index is 9.10. The van der Waals surface area contributed by atoms with Gasteiger partial charge < -0.3 is 19.5 Å². The molecule has 0 saturated carbocycles. The lowest BCUT2D eigenvalue weighted by atomic mass is 10.0. The standard InChI is InChI=1S/C22H26N6/c1-26(2)19-9-11-27(12-10-19)20-6-4-18(5-7-20)24-14-21-15-25-22-8-3-17(13-23)16-28(21)22/h3-8,15-16,19,24H,9-12,14H2,1-2H3. The zero-order chi connectivity index (χ0) is 19.5. The minimum absolute atomic E-state index is 0.633. The summed E-state index contributed by atoms with van der Waals surface area (Å²) in [6, 6.07) is 15.2. The molecule has 3 heterocycles. The predicted octanol–water partition coefficient (Wildman–Crippen LogP) is 3.35. The van der Waals surface area contributed by atoms with Crippen molar-refractivity contribution in [2.75, 3.05) is 37.4 Å². The summed E-state index contributed by atoms with van der Waals surface area (Å²) >= 11 is 0. The molecule has 0 spiro atoms. The highest BCUT2D eigenvalue weighted by Gasteiger charge is 2.20. The third-order valence-electron chi connectivity index (χ3n) is 5.61. The van der Waals surface area contributed by atoms with Crippen molar-refractivity contribution in [2.45, 2.75) is 25.4 Å². The summed E-state index contributed by atoms with van der Waals surface area (Å²) in [4.78, 5) is 9.21. The summed E-state index contributed by atoms with van der Waals surface area (Å²) in [6.07, 6.45) is 6.12. The van der Waals surface area contributed by atoms with Crippen LogP contribution in [0.2, 0.25) is 0 Å². The smallest absolute Gasteiger partial charge is 0.137 e. The molecule has 1 saturated heterocycles. The van der Waals surface area contributed by atoms with E-state index in [1.807, 2.05) is 22.9 Å².